The van der Waals surface area contributed by atoms with E-state index >= 15 is 0 Å². The predicted octanol–water partition coefficient (Wildman–Crippen LogP) is 4.91. The molecule has 3 aromatic carbocycles. The second kappa shape index (κ2) is 17.0. The van der Waals surface area contributed by atoms with Crippen LogP contribution in [0.1, 0.15) is 47.3 Å². The second-order valence-electron chi connectivity index (χ2n) is 11.5. The van der Waals surface area contributed by atoms with Crippen LogP contribution in [0, 0.1) is 0 Å². The van der Waals surface area contributed by atoms with Crippen molar-refractivity contribution in [3.8, 4) is 5.75 Å². The van der Waals surface area contributed by atoms with E-state index in [0.29, 0.717) is 11.3 Å². The highest BCUT2D eigenvalue weighted by molar-refractivity contribution is 7.91. The molecule has 0 unspecified atom stereocenters. The minimum atomic E-state index is -4.52. The zero-order chi connectivity index (χ0) is 37.3. The van der Waals surface area contributed by atoms with Crippen LogP contribution >= 0.6 is 0 Å². The summed E-state index contributed by atoms with van der Waals surface area (Å²) in [7, 11) is -2.35. The average molecular weight is 742 g/mol. The van der Waals surface area contributed by atoms with Gasteiger partial charge in [0.15, 0.2) is 9.84 Å². The van der Waals surface area contributed by atoms with Crippen molar-refractivity contribution in [1.82, 2.24) is 10.6 Å². The Hall–Kier alpha value is -4.77. The van der Waals surface area contributed by atoms with Gasteiger partial charge in [0.25, 0.3) is 5.91 Å². The maximum absolute atomic E-state index is 13.4. The van der Waals surface area contributed by atoms with E-state index in [1.165, 1.54) is 55.5 Å². The van der Waals surface area contributed by atoms with E-state index in [1.54, 1.807) is 17.0 Å². The molecule has 3 atom stereocenters. The number of amides is 2. The largest absolute Gasteiger partial charge is 0.489 e. The van der Waals surface area contributed by atoms with Crippen molar-refractivity contribution in [2.24, 2.45) is 0 Å². The normalized spacial score (nSPS) is 16.8. The van der Waals surface area contributed by atoms with E-state index < -0.39 is 70.7 Å². The average Bonchev–Trinajstić information content (AvgIpc) is 3.51. The van der Waals surface area contributed by atoms with E-state index in [-0.39, 0.29) is 48.0 Å². The van der Waals surface area contributed by atoms with E-state index in [1.807, 2.05) is 0 Å². The molecule has 0 bridgehead atoms. The van der Waals surface area contributed by atoms with Crippen molar-refractivity contribution in [3.63, 3.8) is 0 Å². The van der Waals surface area contributed by atoms with Gasteiger partial charge in [0, 0.05) is 17.7 Å². The molecule has 0 aromatic heterocycles. The fourth-order valence-corrected chi connectivity index (χ4v) is 6.29. The summed E-state index contributed by atoms with van der Waals surface area (Å²) in [6, 6.07) is 14.4. The number of carbonyl (C=O) groups excluding carboxylic acids is 3. The molecule has 3 aromatic rings. The van der Waals surface area contributed by atoms with Crippen molar-refractivity contribution < 1.29 is 59.0 Å². The SMILES string of the molecule is CCS(=O)(=O)c1ccc([C@H](CC(=O)NCC(=O)OC)NC(=O)c2ccc(N3C[C@@H](Oc4ccc(C(F)(F)F)cc4)C[C@H]3COC(F)F)cc2)cc1. The fourth-order valence-electron chi connectivity index (χ4n) is 5.40. The van der Waals surface area contributed by atoms with Crippen LogP contribution in [-0.2, 0) is 35.1 Å². The Balaban J connectivity index is 1.49. The number of methoxy groups -OCH3 is 1. The van der Waals surface area contributed by atoms with Gasteiger partial charge in [-0.25, -0.2) is 8.42 Å². The van der Waals surface area contributed by atoms with E-state index in [2.05, 4.69) is 20.1 Å². The molecule has 276 valence electrons. The van der Waals surface area contributed by atoms with Crippen LogP contribution in [0.15, 0.2) is 77.7 Å². The van der Waals surface area contributed by atoms with Crippen molar-refractivity contribution in [3.05, 3.63) is 89.5 Å². The molecule has 2 N–H and O–H groups in total. The highest BCUT2D eigenvalue weighted by Crippen LogP contribution is 2.33. The maximum Gasteiger partial charge on any atom is 0.416 e. The van der Waals surface area contributed by atoms with Crippen molar-refractivity contribution >= 4 is 33.3 Å². The molecule has 4 rings (SSSR count). The number of sulfone groups is 1. The zero-order valence-electron chi connectivity index (χ0n) is 27.5. The van der Waals surface area contributed by atoms with Crippen LogP contribution in [0.3, 0.4) is 0 Å². The summed E-state index contributed by atoms with van der Waals surface area (Å²) in [5.41, 5.74) is 0.269. The summed E-state index contributed by atoms with van der Waals surface area (Å²) in [5, 5.41) is 5.16. The number of nitrogens with zero attached hydrogens (tertiary/aromatic N) is 1. The number of carbonyl (C=O) groups is 3. The van der Waals surface area contributed by atoms with E-state index in [0.717, 1.165) is 19.2 Å². The number of hydrogen-bond acceptors (Lipinski definition) is 9. The summed E-state index contributed by atoms with van der Waals surface area (Å²) >= 11 is 0. The third-order valence-corrected chi connectivity index (χ3v) is 9.86. The van der Waals surface area contributed by atoms with Crippen LogP contribution in [0.4, 0.5) is 27.6 Å². The second-order valence-corrected chi connectivity index (χ2v) is 13.8. The molecule has 0 spiro atoms. The standard InChI is InChI=1S/C34H36F5N3O8S/c1-3-51(46,47)28-14-6-21(7-15-28)29(17-30(43)40-18-31(44)48-2)41-32(45)22-4-10-24(11-5-22)42-19-27(16-25(42)20-49-33(35)36)50-26-12-8-23(9-13-26)34(37,38)39/h4-15,25,27,29,33H,3,16-20H2,1-2H3,(H,40,43)(H,41,45)/t25-,27-,29-/m0/s1. The molecule has 11 nitrogen and oxygen atoms in total. The molecule has 1 aliphatic heterocycles. The number of halogens is 5. The van der Waals surface area contributed by atoms with Crippen LogP contribution < -0.4 is 20.3 Å². The molecular formula is C34H36F5N3O8S. The fraction of sp³-hybridized carbons (Fsp3) is 0.382. The first-order valence-corrected chi connectivity index (χ1v) is 17.3. The molecule has 1 fully saturated rings. The van der Waals surface area contributed by atoms with Gasteiger partial charge in [0.2, 0.25) is 5.91 Å². The minimum absolute atomic E-state index is 0.0655. The highest BCUT2D eigenvalue weighted by atomic mass is 32.2. The summed E-state index contributed by atoms with van der Waals surface area (Å²) < 4.78 is 104. The Labute approximate surface area is 291 Å². The van der Waals surface area contributed by atoms with Gasteiger partial charge in [0.05, 0.1) is 55.0 Å². The molecule has 17 heteroatoms. The van der Waals surface area contributed by atoms with Gasteiger partial charge < -0.3 is 29.7 Å². The summed E-state index contributed by atoms with van der Waals surface area (Å²) in [6.45, 7) is -2.13. The first kappa shape index (κ1) is 39.0. The number of hydrogen-bond donors (Lipinski definition) is 2. The quantitative estimate of drug-likeness (QED) is 0.164. The molecule has 0 aliphatic carbocycles. The Kier molecular flexibility index (Phi) is 13.0. The molecule has 0 radical (unpaired) electrons. The van der Waals surface area contributed by atoms with Crippen LogP contribution in [0.2, 0.25) is 0 Å². The molecule has 2 amide bonds. The van der Waals surface area contributed by atoms with Gasteiger partial charge in [-0.1, -0.05) is 19.1 Å². The van der Waals surface area contributed by atoms with Crippen molar-refractivity contribution in [1.29, 1.82) is 0 Å². The molecule has 1 saturated heterocycles. The smallest absolute Gasteiger partial charge is 0.416 e. The molecule has 1 aliphatic rings. The Morgan fingerprint density at radius 3 is 2.18 bits per heavy atom. The monoisotopic (exact) mass is 741 g/mol. The number of anilines is 1. The van der Waals surface area contributed by atoms with E-state index in [9.17, 15) is 44.8 Å². The maximum atomic E-state index is 13.4. The summed E-state index contributed by atoms with van der Waals surface area (Å²) in [5.74, 6) is -1.82. The number of ether oxygens (including phenoxy) is 3. The first-order valence-electron chi connectivity index (χ1n) is 15.7. The number of esters is 1. The third-order valence-electron chi connectivity index (χ3n) is 8.11. The Morgan fingerprint density at radius 1 is 0.961 bits per heavy atom. The molecular weight excluding hydrogens is 705 g/mol. The van der Waals surface area contributed by atoms with Gasteiger partial charge in [-0.15, -0.1) is 0 Å². The lowest BCUT2D eigenvalue weighted by atomic mass is 10.0. The Morgan fingerprint density at radius 2 is 1.61 bits per heavy atom. The van der Waals surface area contributed by atoms with E-state index in [4.69, 9.17) is 4.74 Å². The number of nitrogens with one attached hydrogen (secondary N) is 2. The van der Waals surface area contributed by atoms with Gasteiger partial charge in [-0.05, 0) is 66.2 Å². The van der Waals surface area contributed by atoms with Crippen LogP contribution in [0.5, 0.6) is 5.75 Å². The first-order chi connectivity index (χ1) is 24.1. The number of alkyl halides is 5. The molecule has 51 heavy (non-hydrogen) atoms. The lowest BCUT2D eigenvalue weighted by Crippen LogP contribution is -2.36. The molecule has 1 heterocycles. The number of benzene rings is 3. The minimum Gasteiger partial charge on any atom is -0.489 e. The van der Waals surface area contributed by atoms with Gasteiger partial charge in [-0.2, -0.15) is 22.0 Å². The predicted molar refractivity (Wildman–Crippen MR) is 174 cm³/mol. The van der Waals surface area contributed by atoms with Crippen molar-refractivity contribution in [2.45, 2.75) is 55.6 Å². The third kappa shape index (κ3) is 10.9. The van der Waals surface area contributed by atoms with Crippen LogP contribution in [-0.4, -0.2) is 77.5 Å². The highest BCUT2D eigenvalue weighted by Gasteiger charge is 2.35. The van der Waals surface area contributed by atoms with Gasteiger partial charge >= 0.3 is 18.8 Å². The lowest BCUT2D eigenvalue weighted by Gasteiger charge is -2.26. The van der Waals surface area contributed by atoms with Gasteiger partial charge in [0.1, 0.15) is 18.4 Å². The summed E-state index contributed by atoms with van der Waals surface area (Å²) in [4.78, 5) is 39.4. The zero-order valence-corrected chi connectivity index (χ0v) is 28.3. The van der Waals surface area contributed by atoms with Crippen molar-refractivity contribution in [2.75, 3.05) is 37.5 Å². The number of rotatable bonds is 15. The van der Waals surface area contributed by atoms with Gasteiger partial charge in [-0.3, -0.25) is 14.4 Å². The summed E-state index contributed by atoms with van der Waals surface area (Å²) in [6.07, 6.45) is -5.19. The molecule has 0 saturated carbocycles. The lowest BCUT2D eigenvalue weighted by molar-refractivity contribution is -0.141. The topological polar surface area (TPSA) is 140 Å². The Bertz CT molecular complexity index is 1760. The van der Waals surface area contributed by atoms with Crippen LogP contribution in [0.25, 0.3) is 0 Å².